The van der Waals surface area contributed by atoms with Gasteiger partial charge in [0, 0.05) is 16.3 Å². The Balaban J connectivity index is 1.54. The monoisotopic (exact) mass is 402 g/mol. The molecule has 26 heavy (non-hydrogen) atoms. The number of hydrogen-bond donors (Lipinski definition) is 1. The third kappa shape index (κ3) is 3.58. The van der Waals surface area contributed by atoms with Crippen LogP contribution in [0, 0.1) is 6.92 Å². The first-order valence-electron chi connectivity index (χ1n) is 8.51. The Labute approximate surface area is 166 Å². The van der Waals surface area contributed by atoms with Crippen LogP contribution in [-0.4, -0.2) is 23.9 Å². The summed E-state index contributed by atoms with van der Waals surface area (Å²) in [5.74, 6) is -0.0315. The number of hydrogen-bond acceptors (Lipinski definition) is 4. The molecule has 0 radical (unpaired) electrons. The van der Waals surface area contributed by atoms with Gasteiger partial charge in [-0.2, -0.15) is 0 Å². The fraction of sp³-hybridized carbons (Fsp3) is 0.250. The van der Waals surface area contributed by atoms with Crippen molar-refractivity contribution in [2.75, 3.05) is 18.4 Å². The summed E-state index contributed by atoms with van der Waals surface area (Å²) in [5.41, 5.74) is 3.08. The molecule has 2 aromatic heterocycles. The van der Waals surface area contributed by atoms with Crippen LogP contribution in [0.25, 0.3) is 0 Å². The molecule has 0 saturated carbocycles. The fourth-order valence-corrected chi connectivity index (χ4v) is 5.48. The van der Waals surface area contributed by atoms with Gasteiger partial charge in [0.15, 0.2) is 0 Å². The summed E-state index contributed by atoms with van der Waals surface area (Å²) in [7, 11) is 0. The molecule has 3 heterocycles. The summed E-state index contributed by atoms with van der Waals surface area (Å²) in [6, 6.07) is 12.3. The molecule has 0 aliphatic carbocycles. The van der Waals surface area contributed by atoms with E-state index in [1.165, 1.54) is 15.3 Å². The van der Waals surface area contributed by atoms with Gasteiger partial charge in [-0.15, -0.1) is 22.7 Å². The van der Waals surface area contributed by atoms with E-state index in [4.69, 9.17) is 11.6 Å². The molecular formula is C20H19ClN2OS2. The zero-order valence-corrected chi connectivity index (χ0v) is 16.8. The minimum absolute atomic E-state index is 0.0315. The van der Waals surface area contributed by atoms with Crippen LogP contribution < -0.4 is 5.32 Å². The number of halogens is 1. The number of carbonyl (C=O) groups excluding carboxylic acids is 1. The average Bonchev–Trinajstić information content (AvgIpc) is 3.28. The van der Waals surface area contributed by atoms with Crippen molar-refractivity contribution in [2.24, 2.45) is 0 Å². The van der Waals surface area contributed by atoms with Crippen molar-refractivity contribution in [1.29, 1.82) is 0 Å². The summed E-state index contributed by atoms with van der Waals surface area (Å²) < 4.78 is 0. The highest BCUT2D eigenvalue weighted by Crippen LogP contribution is 2.39. The summed E-state index contributed by atoms with van der Waals surface area (Å²) in [6.45, 7) is 3.21. The van der Waals surface area contributed by atoms with Crippen LogP contribution >= 0.6 is 34.3 Å². The number of anilines is 1. The van der Waals surface area contributed by atoms with E-state index in [1.807, 2.05) is 36.5 Å². The van der Waals surface area contributed by atoms with Crippen molar-refractivity contribution in [3.05, 3.63) is 73.1 Å². The standard InChI is InChI=1S/C20H19ClN2OS2/c1-13-4-5-16(15(21)11-13)22-19(24)12-23-8-6-17-14(7-10-26-17)20(23)18-3-2-9-25-18/h2-5,7,9-11,20H,6,8,12H2,1H3,(H,22,24). The number of aryl methyl sites for hydroxylation is 1. The van der Waals surface area contributed by atoms with Crippen molar-refractivity contribution < 1.29 is 4.79 Å². The van der Waals surface area contributed by atoms with Crippen molar-refractivity contribution in [1.82, 2.24) is 4.90 Å². The molecule has 1 amide bonds. The molecule has 1 aliphatic heterocycles. The van der Waals surface area contributed by atoms with E-state index < -0.39 is 0 Å². The first kappa shape index (κ1) is 17.7. The molecule has 0 saturated heterocycles. The Hall–Kier alpha value is -1.66. The van der Waals surface area contributed by atoms with Gasteiger partial charge in [0.1, 0.15) is 0 Å². The first-order chi connectivity index (χ1) is 12.6. The lowest BCUT2D eigenvalue weighted by Crippen LogP contribution is -2.40. The number of benzene rings is 1. The van der Waals surface area contributed by atoms with E-state index in [9.17, 15) is 4.79 Å². The highest BCUT2D eigenvalue weighted by molar-refractivity contribution is 7.10. The Morgan fingerprint density at radius 3 is 2.92 bits per heavy atom. The third-order valence-electron chi connectivity index (χ3n) is 4.62. The Bertz CT molecular complexity index is 920. The molecule has 1 aromatic carbocycles. The number of amides is 1. The van der Waals surface area contributed by atoms with Gasteiger partial charge in [0.05, 0.1) is 23.3 Å². The highest BCUT2D eigenvalue weighted by Gasteiger charge is 2.31. The quantitative estimate of drug-likeness (QED) is 0.637. The van der Waals surface area contributed by atoms with E-state index in [0.29, 0.717) is 17.3 Å². The Morgan fingerprint density at radius 1 is 1.27 bits per heavy atom. The zero-order chi connectivity index (χ0) is 18.1. The molecule has 3 aromatic rings. The second kappa shape index (κ2) is 7.53. The van der Waals surface area contributed by atoms with Gasteiger partial charge in [-0.25, -0.2) is 0 Å². The lowest BCUT2D eigenvalue weighted by atomic mass is 9.98. The number of carbonyl (C=O) groups is 1. The summed E-state index contributed by atoms with van der Waals surface area (Å²) in [6.07, 6.45) is 0.993. The van der Waals surface area contributed by atoms with Gasteiger partial charge in [-0.3, -0.25) is 9.69 Å². The van der Waals surface area contributed by atoms with Gasteiger partial charge in [0.2, 0.25) is 5.91 Å². The molecule has 1 unspecified atom stereocenters. The number of nitrogens with one attached hydrogen (secondary N) is 1. The van der Waals surface area contributed by atoms with Crippen molar-refractivity contribution in [3.63, 3.8) is 0 Å². The van der Waals surface area contributed by atoms with Crippen LogP contribution in [0.5, 0.6) is 0 Å². The molecule has 0 spiro atoms. The Kier molecular flexibility index (Phi) is 5.14. The molecule has 4 rings (SSSR count). The lowest BCUT2D eigenvalue weighted by molar-refractivity contribution is -0.117. The smallest absolute Gasteiger partial charge is 0.238 e. The highest BCUT2D eigenvalue weighted by atomic mass is 35.5. The summed E-state index contributed by atoms with van der Waals surface area (Å²) >= 11 is 9.81. The van der Waals surface area contributed by atoms with Gasteiger partial charge in [-0.05, 0) is 59.5 Å². The minimum atomic E-state index is -0.0315. The summed E-state index contributed by atoms with van der Waals surface area (Å²) in [5, 5.41) is 7.79. The van der Waals surface area contributed by atoms with Crippen molar-refractivity contribution in [3.8, 4) is 0 Å². The topological polar surface area (TPSA) is 32.3 Å². The van der Waals surface area contributed by atoms with E-state index in [1.54, 1.807) is 11.3 Å². The lowest BCUT2D eigenvalue weighted by Gasteiger charge is -2.34. The van der Waals surface area contributed by atoms with E-state index in [2.05, 4.69) is 39.2 Å². The molecule has 1 atom stereocenters. The largest absolute Gasteiger partial charge is 0.324 e. The number of nitrogens with zero attached hydrogens (tertiary/aromatic N) is 1. The Morgan fingerprint density at radius 2 is 2.15 bits per heavy atom. The van der Waals surface area contributed by atoms with E-state index >= 15 is 0 Å². The molecular weight excluding hydrogens is 384 g/mol. The average molecular weight is 403 g/mol. The van der Waals surface area contributed by atoms with Crippen LogP contribution in [0.4, 0.5) is 5.69 Å². The van der Waals surface area contributed by atoms with E-state index in [-0.39, 0.29) is 11.9 Å². The first-order valence-corrected chi connectivity index (χ1v) is 10.7. The SMILES string of the molecule is Cc1ccc(NC(=O)CN2CCc3sccc3C2c2cccs2)c(Cl)c1. The predicted octanol–water partition coefficient (Wildman–Crippen LogP) is 5.36. The molecule has 1 aliphatic rings. The van der Waals surface area contributed by atoms with Crippen LogP contribution in [0.1, 0.15) is 26.9 Å². The normalized spacial score (nSPS) is 17.1. The number of fused-ring (bicyclic) bond motifs is 1. The van der Waals surface area contributed by atoms with Gasteiger partial charge in [-0.1, -0.05) is 23.7 Å². The van der Waals surface area contributed by atoms with Crippen LogP contribution in [0.15, 0.2) is 47.2 Å². The summed E-state index contributed by atoms with van der Waals surface area (Å²) in [4.78, 5) is 17.7. The maximum atomic E-state index is 12.7. The molecule has 134 valence electrons. The molecule has 1 N–H and O–H groups in total. The third-order valence-corrected chi connectivity index (χ3v) is 6.86. The maximum absolute atomic E-state index is 12.7. The van der Waals surface area contributed by atoms with Crippen molar-refractivity contribution >= 4 is 45.9 Å². The second-order valence-corrected chi connectivity index (χ2v) is 8.86. The molecule has 3 nitrogen and oxygen atoms in total. The molecule has 6 heteroatoms. The zero-order valence-electron chi connectivity index (χ0n) is 14.4. The van der Waals surface area contributed by atoms with Crippen LogP contribution in [0.3, 0.4) is 0 Å². The maximum Gasteiger partial charge on any atom is 0.238 e. The predicted molar refractivity (Wildman–Crippen MR) is 111 cm³/mol. The fourth-order valence-electron chi connectivity index (χ4n) is 3.41. The number of rotatable bonds is 4. The van der Waals surface area contributed by atoms with Crippen molar-refractivity contribution in [2.45, 2.75) is 19.4 Å². The van der Waals surface area contributed by atoms with Gasteiger partial charge < -0.3 is 5.32 Å². The van der Waals surface area contributed by atoms with Crippen LogP contribution in [0.2, 0.25) is 5.02 Å². The van der Waals surface area contributed by atoms with Gasteiger partial charge in [0.25, 0.3) is 0 Å². The van der Waals surface area contributed by atoms with E-state index in [0.717, 1.165) is 18.5 Å². The van der Waals surface area contributed by atoms with Gasteiger partial charge >= 0.3 is 0 Å². The minimum Gasteiger partial charge on any atom is -0.324 e. The molecule has 0 bridgehead atoms. The molecule has 0 fully saturated rings. The number of thiophene rings is 2. The second-order valence-electron chi connectivity index (χ2n) is 6.47. The van der Waals surface area contributed by atoms with Crippen LogP contribution in [-0.2, 0) is 11.2 Å².